The molecule has 1 aliphatic heterocycles. The maximum atomic E-state index is 13.1. The number of nitrogens with one attached hydrogen (secondary N) is 2. The molecule has 0 radical (unpaired) electrons. The van der Waals surface area contributed by atoms with Crippen LogP contribution in [0.3, 0.4) is 0 Å². The lowest BCUT2D eigenvalue weighted by Crippen LogP contribution is -2.47. The number of ether oxygens (including phenoxy) is 1. The summed E-state index contributed by atoms with van der Waals surface area (Å²) < 4.78 is 45.4. The molecule has 2 amide bonds. The van der Waals surface area contributed by atoms with Crippen LogP contribution >= 0.6 is 0 Å². The fourth-order valence-electron chi connectivity index (χ4n) is 4.15. The largest absolute Gasteiger partial charge is 0.494 e. The Hall–Kier alpha value is -3.70. The predicted molar refractivity (Wildman–Crippen MR) is 121 cm³/mol. The topological polar surface area (TPSA) is 95.5 Å². The highest BCUT2D eigenvalue weighted by Crippen LogP contribution is 2.31. The molecule has 0 bridgehead atoms. The molecule has 0 saturated carbocycles. The fourth-order valence-corrected chi connectivity index (χ4v) is 4.15. The second-order valence-corrected chi connectivity index (χ2v) is 8.26. The van der Waals surface area contributed by atoms with Crippen LogP contribution in [0.15, 0.2) is 35.5 Å². The number of aromatic amines is 1. The molecule has 0 aliphatic carbocycles. The van der Waals surface area contributed by atoms with E-state index in [1.165, 1.54) is 11.9 Å². The molecular weight excluding hydrogens is 453 g/mol. The molecule has 4 heterocycles. The van der Waals surface area contributed by atoms with Gasteiger partial charge in [0.05, 0.1) is 29.9 Å². The summed E-state index contributed by atoms with van der Waals surface area (Å²) in [6.07, 6.45) is 0.885. The minimum Gasteiger partial charge on any atom is -0.494 e. The maximum absolute atomic E-state index is 13.1. The number of anilines is 2. The summed E-state index contributed by atoms with van der Waals surface area (Å²) in [5, 5.41) is 3.22. The van der Waals surface area contributed by atoms with E-state index in [-0.39, 0.29) is 6.04 Å². The van der Waals surface area contributed by atoms with E-state index in [1.54, 1.807) is 26.6 Å². The number of aromatic nitrogens is 3. The van der Waals surface area contributed by atoms with E-state index in [1.807, 2.05) is 6.07 Å². The first-order valence-corrected chi connectivity index (χ1v) is 10.7. The number of hydrogen-bond donors (Lipinski definition) is 2. The van der Waals surface area contributed by atoms with Crippen molar-refractivity contribution in [2.75, 3.05) is 37.5 Å². The molecule has 3 aromatic heterocycles. The van der Waals surface area contributed by atoms with Crippen molar-refractivity contribution >= 4 is 28.4 Å². The van der Waals surface area contributed by atoms with Crippen molar-refractivity contribution in [3.8, 4) is 5.75 Å². The van der Waals surface area contributed by atoms with Gasteiger partial charge in [-0.15, -0.1) is 0 Å². The Morgan fingerprint density at radius 3 is 2.65 bits per heavy atom. The summed E-state index contributed by atoms with van der Waals surface area (Å²) in [6, 6.07) is 1.90. The number of methoxy groups -OCH3 is 1. The normalized spacial score (nSPS) is 14.9. The first-order chi connectivity index (χ1) is 16.1. The van der Waals surface area contributed by atoms with Crippen molar-refractivity contribution in [3.63, 3.8) is 0 Å². The number of carbonyl (C=O) groups is 1. The van der Waals surface area contributed by atoms with Gasteiger partial charge < -0.3 is 29.4 Å². The molecule has 1 fully saturated rings. The molecule has 9 nitrogen and oxygen atoms in total. The fraction of sp³-hybridized carbons (Fsp3) is 0.409. The SMILES string of the molecule is COc1c[nH]c2ncc(N3CCC(N(C)C(=O)Nc4cc(C(F)(F)F)cn(C)c4=O)CC3)cc12. The number of piperidine rings is 1. The van der Waals surface area contributed by atoms with Gasteiger partial charge in [-0.1, -0.05) is 0 Å². The van der Waals surface area contributed by atoms with Crippen molar-refractivity contribution in [1.29, 1.82) is 0 Å². The number of amides is 2. The number of pyridine rings is 2. The number of halogens is 3. The standard InChI is InChI=1S/C22H25F3N6O3/c1-29-12-13(22(23,24)25)8-17(20(29)32)28-21(33)30(2)14-4-6-31(7-5-14)15-9-16-18(34-3)11-27-19(16)26-10-15/h8-12,14H,4-7H2,1-3H3,(H,26,27)(H,28,33). The van der Waals surface area contributed by atoms with Crippen LogP contribution in [0.2, 0.25) is 0 Å². The van der Waals surface area contributed by atoms with Gasteiger partial charge in [0.25, 0.3) is 5.56 Å². The van der Waals surface area contributed by atoms with Crippen LogP contribution in [0.1, 0.15) is 18.4 Å². The number of nitrogens with zero attached hydrogens (tertiary/aromatic N) is 4. The predicted octanol–water partition coefficient (Wildman–Crippen LogP) is 3.42. The van der Waals surface area contributed by atoms with E-state index >= 15 is 0 Å². The Labute approximate surface area is 193 Å². The lowest BCUT2D eigenvalue weighted by atomic mass is 10.0. The molecule has 34 heavy (non-hydrogen) atoms. The highest BCUT2D eigenvalue weighted by Gasteiger charge is 2.33. The van der Waals surface area contributed by atoms with Gasteiger partial charge in [0.1, 0.15) is 17.1 Å². The summed E-state index contributed by atoms with van der Waals surface area (Å²) in [7, 11) is 4.38. The van der Waals surface area contributed by atoms with Gasteiger partial charge in [-0.2, -0.15) is 13.2 Å². The molecule has 0 spiro atoms. The average Bonchev–Trinajstić information content (AvgIpc) is 3.23. The Bertz CT molecular complexity index is 1260. The number of carbonyl (C=O) groups excluding carboxylic acids is 1. The van der Waals surface area contributed by atoms with Crippen molar-refractivity contribution in [3.05, 3.63) is 46.6 Å². The minimum absolute atomic E-state index is 0.135. The van der Waals surface area contributed by atoms with Crippen molar-refractivity contribution in [2.24, 2.45) is 7.05 Å². The number of fused-ring (bicyclic) bond motifs is 1. The quantitative estimate of drug-likeness (QED) is 0.599. The summed E-state index contributed by atoms with van der Waals surface area (Å²) in [5.41, 5.74) is -0.472. The minimum atomic E-state index is -4.63. The van der Waals surface area contributed by atoms with E-state index in [0.29, 0.717) is 43.9 Å². The van der Waals surface area contributed by atoms with Gasteiger partial charge in [0.15, 0.2) is 0 Å². The summed E-state index contributed by atoms with van der Waals surface area (Å²) in [6.45, 7) is 1.32. The Kier molecular flexibility index (Phi) is 6.15. The third-order valence-electron chi connectivity index (χ3n) is 6.15. The van der Waals surface area contributed by atoms with Crippen molar-refractivity contribution < 1.29 is 22.7 Å². The van der Waals surface area contributed by atoms with Crippen LogP contribution in [0.4, 0.5) is 29.3 Å². The number of rotatable bonds is 4. The van der Waals surface area contributed by atoms with Crippen molar-refractivity contribution in [1.82, 2.24) is 19.4 Å². The summed E-state index contributed by atoms with van der Waals surface area (Å²) >= 11 is 0. The number of hydrogen-bond acceptors (Lipinski definition) is 5. The smallest absolute Gasteiger partial charge is 0.417 e. The summed E-state index contributed by atoms with van der Waals surface area (Å²) in [4.78, 5) is 36.0. The van der Waals surface area contributed by atoms with Crippen LogP contribution in [-0.4, -0.2) is 58.8 Å². The van der Waals surface area contributed by atoms with Gasteiger partial charge in [0.2, 0.25) is 0 Å². The molecule has 182 valence electrons. The third-order valence-corrected chi connectivity index (χ3v) is 6.15. The van der Waals surface area contributed by atoms with E-state index in [2.05, 4.69) is 20.2 Å². The van der Waals surface area contributed by atoms with Crippen LogP contribution in [0.25, 0.3) is 11.0 Å². The zero-order chi connectivity index (χ0) is 24.6. The Morgan fingerprint density at radius 2 is 2.00 bits per heavy atom. The van der Waals surface area contributed by atoms with Gasteiger partial charge in [-0.05, 0) is 25.0 Å². The second kappa shape index (κ2) is 8.92. The van der Waals surface area contributed by atoms with Crippen LogP contribution in [0.5, 0.6) is 5.75 Å². The van der Waals surface area contributed by atoms with E-state index in [9.17, 15) is 22.8 Å². The Morgan fingerprint density at radius 1 is 1.29 bits per heavy atom. The highest BCUT2D eigenvalue weighted by molar-refractivity contribution is 5.89. The molecule has 2 N–H and O–H groups in total. The lowest BCUT2D eigenvalue weighted by Gasteiger charge is -2.37. The van der Waals surface area contributed by atoms with Gasteiger partial charge in [-0.25, -0.2) is 9.78 Å². The molecule has 0 unspecified atom stereocenters. The summed E-state index contributed by atoms with van der Waals surface area (Å²) in [5.74, 6) is 0.705. The van der Waals surface area contributed by atoms with Crippen LogP contribution < -0.4 is 20.5 Å². The van der Waals surface area contributed by atoms with Crippen molar-refractivity contribution in [2.45, 2.75) is 25.1 Å². The Balaban J connectivity index is 1.42. The van der Waals surface area contributed by atoms with Gasteiger partial charge >= 0.3 is 12.2 Å². The molecule has 1 aliphatic rings. The molecular formula is C22H25F3N6O3. The molecule has 0 atom stereocenters. The number of alkyl halides is 3. The van der Waals surface area contributed by atoms with Gasteiger partial charge in [-0.3, -0.25) is 4.79 Å². The van der Waals surface area contributed by atoms with Crippen LogP contribution in [0, 0.1) is 0 Å². The number of H-pyrrole nitrogens is 1. The molecule has 0 aromatic carbocycles. The van der Waals surface area contributed by atoms with E-state index in [4.69, 9.17) is 4.74 Å². The lowest BCUT2D eigenvalue weighted by molar-refractivity contribution is -0.138. The average molecular weight is 478 g/mol. The molecule has 4 rings (SSSR count). The zero-order valence-corrected chi connectivity index (χ0v) is 18.9. The monoisotopic (exact) mass is 478 g/mol. The third kappa shape index (κ3) is 4.52. The first-order valence-electron chi connectivity index (χ1n) is 10.7. The van der Waals surface area contributed by atoms with E-state index in [0.717, 1.165) is 21.3 Å². The molecule has 1 saturated heterocycles. The van der Waals surface area contributed by atoms with Gasteiger partial charge in [0, 0.05) is 45.6 Å². The zero-order valence-electron chi connectivity index (χ0n) is 18.9. The number of urea groups is 1. The molecule has 3 aromatic rings. The highest BCUT2D eigenvalue weighted by atomic mass is 19.4. The van der Waals surface area contributed by atoms with E-state index < -0.39 is 29.0 Å². The number of aryl methyl sites for hydroxylation is 1. The molecule has 12 heteroatoms. The second-order valence-electron chi connectivity index (χ2n) is 8.26. The van der Waals surface area contributed by atoms with Crippen LogP contribution in [-0.2, 0) is 13.2 Å². The first kappa shape index (κ1) is 23.5. The maximum Gasteiger partial charge on any atom is 0.417 e.